The molecule has 2 rings (SSSR count). The van der Waals surface area contributed by atoms with Gasteiger partial charge in [-0.1, -0.05) is 32.8 Å². The van der Waals surface area contributed by atoms with Crippen LogP contribution in [-0.4, -0.2) is 19.1 Å². The second-order valence-electron chi connectivity index (χ2n) is 5.49. The van der Waals surface area contributed by atoms with E-state index in [1.807, 2.05) is 18.2 Å². The first kappa shape index (κ1) is 14.9. The predicted molar refractivity (Wildman–Crippen MR) is 80.9 cm³/mol. The van der Waals surface area contributed by atoms with Crippen molar-refractivity contribution in [2.45, 2.75) is 45.8 Å². The van der Waals surface area contributed by atoms with Gasteiger partial charge in [0.25, 0.3) is 5.91 Å². The standard InChI is InChI=1S/C16H24N2O2/c1-5-11(6-2)15(17)12-7-8-14-13(9-12)18(4)16(19)10(3)20-14/h7-11,15H,5-6,17H2,1-4H3. The Labute approximate surface area is 120 Å². The summed E-state index contributed by atoms with van der Waals surface area (Å²) in [4.78, 5) is 13.6. The fourth-order valence-corrected chi connectivity index (χ4v) is 2.80. The molecule has 0 bridgehead atoms. The van der Waals surface area contributed by atoms with Crippen LogP contribution in [0.4, 0.5) is 5.69 Å². The lowest BCUT2D eigenvalue weighted by Crippen LogP contribution is -2.42. The summed E-state index contributed by atoms with van der Waals surface area (Å²) in [6, 6.07) is 5.92. The van der Waals surface area contributed by atoms with E-state index in [4.69, 9.17) is 10.5 Å². The highest BCUT2D eigenvalue weighted by atomic mass is 16.5. The first-order valence-electron chi connectivity index (χ1n) is 7.33. The van der Waals surface area contributed by atoms with Gasteiger partial charge in [0.15, 0.2) is 6.10 Å². The summed E-state index contributed by atoms with van der Waals surface area (Å²) in [5.74, 6) is 1.18. The molecule has 110 valence electrons. The molecule has 1 aromatic carbocycles. The van der Waals surface area contributed by atoms with Gasteiger partial charge in [-0.2, -0.15) is 0 Å². The van der Waals surface area contributed by atoms with E-state index in [9.17, 15) is 4.79 Å². The van der Waals surface area contributed by atoms with E-state index in [0.29, 0.717) is 5.92 Å². The summed E-state index contributed by atoms with van der Waals surface area (Å²) in [6.07, 6.45) is 1.68. The molecule has 4 heteroatoms. The molecule has 0 radical (unpaired) electrons. The van der Waals surface area contributed by atoms with E-state index < -0.39 is 6.10 Å². The minimum absolute atomic E-state index is 0.00171. The maximum Gasteiger partial charge on any atom is 0.267 e. The highest BCUT2D eigenvalue weighted by molar-refractivity contribution is 5.99. The number of likely N-dealkylation sites (N-methyl/N-ethyl adjacent to an activating group) is 1. The Morgan fingerprint density at radius 3 is 2.60 bits per heavy atom. The number of anilines is 1. The summed E-state index contributed by atoms with van der Waals surface area (Å²) < 4.78 is 5.63. The van der Waals surface area contributed by atoms with Gasteiger partial charge < -0.3 is 15.4 Å². The van der Waals surface area contributed by atoms with Crippen molar-refractivity contribution in [3.8, 4) is 5.75 Å². The van der Waals surface area contributed by atoms with E-state index >= 15 is 0 Å². The maximum atomic E-state index is 12.0. The van der Waals surface area contributed by atoms with Crippen LogP contribution >= 0.6 is 0 Å². The zero-order valence-corrected chi connectivity index (χ0v) is 12.7. The lowest BCUT2D eigenvalue weighted by Gasteiger charge is -2.31. The quantitative estimate of drug-likeness (QED) is 0.920. The molecule has 1 aliphatic heterocycles. The van der Waals surface area contributed by atoms with Crippen LogP contribution in [0.1, 0.15) is 45.2 Å². The smallest absolute Gasteiger partial charge is 0.267 e. The lowest BCUT2D eigenvalue weighted by molar-refractivity contribution is -0.125. The number of fused-ring (bicyclic) bond motifs is 1. The molecule has 0 spiro atoms. The number of nitrogens with two attached hydrogens (primary N) is 1. The van der Waals surface area contributed by atoms with Crippen LogP contribution in [0.2, 0.25) is 0 Å². The number of amides is 1. The molecule has 1 aromatic rings. The number of carbonyl (C=O) groups excluding carboxylic acids is 1. The van der Waals surface area contributed by atoms with Gasteiger partial charge in [-0.25, -0.2) is 0 Å². The molecule has 2 unspecified atom stereocenters. The third-order valence-corrected chi connectivity index (χ3v) is 4.27. The summed E-state index contributed by atoms with van der Waals surface area (Å²) in [5.41, 5.74) is 8.23. The molecule has 2 atom stereocenters. The minimum atomic E-state index is -0.425. The molecule has 20 heavy (non-hydrogen) atoms. The second-order valence-corrected chi connectivity index (χ2v) is 5.49. The fraction of sp³-hybridized carbons (Fsp3) is 0.562. The highest BCUT2D eigenvalue weighted by Crippen LogP contribution is 2.36. The molecule has 0 saturated heterocycles. The first-order valence-corrected chi connectivity index (χ1v) is 7.33. The Hall–Kier alpha value is -1.55. The SMILES string of the molecule is CCC(CC)C(N)c1ccc2c(c1)N(C)C(=O)C(C)O2. The molecule has 0 fully saturated rings. The third-order valence-electron chi connectivity index (χ3n) is 4.27. The van der Waals surface area contributed by atoms with Crippen LogP contribution in [0.5, 0.6) is 5.75 Å². The zero-order chi connectivity index (χ0) is 14.9. The lowest BCUT2D eigenvalue weighted by atomic mass is 9.89. The van der Waals surface area contributed by atoms with Crippen LogP contribution in [0.3, 0.4) is 0 Å². The van der Waals surface area contributed by atoms with Gasteiger partial charge in [0.2, 0.25) is 0 Å². The van der Waals surface area contributed by atoms with Crippen molar-refractivity contribution in [1.82, 2.24) is 0 Å². The Bertz CT molecular complexity index is 497. The molecular weight excluding hydrogens is 252 g/mol. The van der Waals surface area contributed by atoms with Crippen molar-refractivity contribution < 1.29 is 9.53 Å². The van der Waals surface area contributed by atoms with Crippen LogP contribution in [0.25, 0.3) is 0 Å². The van der Waals surface area contributed by atoms with Crippen molar-refractivity contribution in [2.75, 3.05) is 11.9 Å². The third kappa shape index (κ3) is 2.52. The number of hydrogen-bond donors (Lipinski definition) is 1. The Kier molecular flexibility index (Phi) is 4.33. The van der Waals surface area contributed by atoms with Crippen molar-refractivity contribution in [3.05, 3.63) is 23.8 Å². The number of hydrogen-bond acceptors (Lipinski definition) is 3. The largest absolute Gasteiger partial charge is 0.479 e. The summed E-state index contributed by atoms with van der Waals surface area (Å²) >= 11 is 0. The Morgan fingerprint density at radius 1 is 1.35 bits per heavy atom. The number of carbonyl (C=O) groups is 1. The number of nitrogens with zero attached hydrogens (tertiary/aromatic N) is 1. The van der Waals surface area contributed by atoms with Crippen LogP contribution in [0, 0.1) is 5.92 Å². The molecule has 0 aliphatic carbocycles. The van der Waals surface area contributed by atoms with Gasteiger partial charge in [-0.3, -0.25) is 4.79 Å². The number of rotatable bonds is 4. The topological polar surface area (TPSA) is 55.6 Å². The van der Waals surface area contributed by atoms with E-state index in [-0.39, 0.29) is 11.9 Å². The van der Waals surface area contributed by atoms with E-state index in [1.165, 1.54) is 0 Å². The number of benzene rings is 1. The van der Waals surface area contributed by atoms with E-state index in [1.54, 1.807) is 18.9 Å². The van der Waals surface area contributed by atoms with Crippen LogP contribution in [0.15, 0.2) is 18.2 Å². The van der Waals surface area contributed by atoms with Crippen LogP contribution < -0.4 is 15.4 Å². The highest BCUT2D eigenvalue weighted by Gasteiger charge is 2.29. The summed E-state index contributed by atoms with van der Waals surface area (Å²) in [6.45, 7) is 6.09. The van der Waals surface area contributed by atoms with E-state index in [0.717, 1.165) is 29.8 Å². The molecule has 1 heterocycles. The van der Waals surface area contributed by atoms with Gasteiger partial charge in [0, 0.05) is 13.1 Å². The minimum Gasteiger partial charge on any atom is -0.479 e. The Balaban J connectivity index is 2.34. The van der Waals surface area contributed by atoms with Crippen LogP contribution in [-0.2, 0) is 4.79 Å². The predicted octanol–water partition coefficient (Wildman–Crippen LogP) is 2.87. The average Bonchev–Trinajstić information content (AvgIpc) is 2.46. The van der Waals surface area contributed by atoms with Crippen molar-refractivity contribution in [2.24, 2.45) is 11.7 Å². The van der Waals surface area contributed by atoms with E-state index in [2.05, 4.69) is 13.8 Å². The van der Waals surface area contributed by atoms with Gasteiger partial charge in [-0.05, 0) is 30.5 Å². The number of ether oxygens (including phenoxy) is 1. The second kappa shape index (κ2) is 5.83. The molecule has 1 aliphatic rings. The molecule has 0 aromatic heterocycles. The first-order chi connectivity index (χ1) is 9.49. The van der Waals surface area contributed by atoms with Gasteiger partial charge >= 0.3 is 0 Å². The summed E-state index contributed by atoms with van der Waals surface area (Å²) in [7, 11) is 1.78. The maximum absolute atomic E-state index is 12.0. The molecular formula is C16H24N2O2. The zero-order valence-electron chi connectivity index (χ0n) is 12.7. The molecule has 1 amide bonds. The summed E-state index contributed by atoms with van der Waals surface area (Å²) in [5, 5.41) is 0. The molecule has 2 N–H and O–H groups in total. The van der Waals surface area contributed by atoms with Gasteiger partial charge in [0.05, 0.1) is 5.69 Å². The van der Waals surface area contributed by atoms with Crippen molar-refractivity contribution in [1.29, 1.82) is 0 Å². The molecule has 4 nitrogen and oxygen atoms in total. The average molecular weight is 276 g/mol. The fourth-order valence-electron chi connectivity index (χ4n) is 2.80. The van der Waals surface area contributed by atoms with Crippen molar-refractivity contribution >= 4 is 11.6 Å². The van der Waals surface area contributed by atoms with Gasteiger partial charge in [0.1, 0.15) is 5.75 Å². The van der Waals surface area contributed by atoms with Gasteiger partial charge in [-0.15, -0.1) is 0 Å². The Morgan fingerprint density at radius 2 is 2.00 bits per heavy atom. The van der Waals surface area contributed by atoms with Crippen molar-refractivity contribution in [3.63, 3.8) is 0 Å². The normalized spacial score (nSPS) is 19.8. The molecule has 0 saturated carbocycles. The monoisotopic (exact) mass is 276 g/mol.